The van der Waals surface area contributed by atoms with Crippen LogP contribution in [-0.4, -0.2) is 21.3 Å². The fourth-order valence-corrected chi connectivity index (χ4v) is 4.77. The highest BCUT2D eigenvalue weighted by Gasteiger charge is 2.28. The second-order valence-corrected chi connectivity index (χ2v) is 8.59. The van der Waals surface area contributed by atoms with Gasteiger partial charge in [0.25, 0.3) is 5.56 Å². The minimum absolute atomic E-state index is 0.0600. The van der Waals surface area contributed by atoms with E-state index < -0.39 is 0 Å². The maximum absolute atomic E-state index is 13.3. The van der Waals surface area contributed by atoms with E-state index in [2.05, 4.69) is 43.3 Å². The maximum atomic E-state index is 13.3. The van der Waals surface area contributed by atoms with Gasteiger partial charge in [0, 0.05) is 23.1 Å². The molecule has 2 aromatic heterocycles. The van der Waals surface area contributed by atoms with Gasteiger partial charge >= 0.3 is 0 Å². The van der Waals surface area contributed by atoms with E-state index in [4.69, 9.17) is 4.98 Å². The highest BCUT2D eigenvalue weighted by atomic mass is 16.3. The van der Waals surface area contributed by atoms with Crippen LogP contribution in [0.4, 0.5) is 0 Å². The lowest BCUT2D eigenvalue weighted by Crippen LogP contribution is -2.23. The fraction of sp³-hybridized carbons (Fsp3) is 0.259. The molecule has 1 atom stereocenters. The van der Waals surface area contributed by atoms with Gasteiger partial charge in [-0.1, -0.05) is 55.5 Å². The van der Waals surface area contributed by atoms with E-state index in [9.17, 15) is 9.90 Å². The molecular weight excluding hydrogens is 384 g/mol. The van der Waals surface area contributed by atoms with E-state index in [1.54, 1.807) is 0 Å². The Morgan fingerprint density at radius 2 is 1.84 bits per heavy atom. The number of nitrogens with zero attached hydrogens (tertiary/aromatic N) is 2. The average molecular weight is 411 g/mol. The van der Waals surface area contributed by atoms with Gasteiger partial charge in [-0.15, -0.1) is 0 Å². The van der Waals surface area contributed by atoms with Crippen LogP contribution in [-0.2, 0) is 13.0 Å². The normalized spacial score (nSPS) is 13.3. The van der Waals surface area contributed by atoms with Crippen LogP contribution >= 0.6 is 0 Å². The first-order valence-electron chi connectivity index (χ1n) is 10.9. The van der Waals surface area contributed by atoms with Gasteiger partial charge in [0.1, 0.15) is 0 Å². The number of pyridine rings is 2. The number of aliphatic hydroxyl groups is 1. The third-order valence-electron chi connectivity index (χ3n) is 6.45. The average Bonchev–Trinajstić information content (AvgIpc) is 3.14. The summed E-state index contributed by atoms with van der Waals surface area (Å²) in [5, 5.41) is 10.4. The van der Waals surface area contributed by atoms with E-state index in [1.165, 1.54) is 0 Å². The molecule has 31 heavy (non-hydrogen) atoms. The van der Waals surface area contributed by atoms with E-state index in [0.717, 1.165) is 62.9 Å². The van der Waals surface area contributed by atoms with Crippen molar-refractivity contribution in [3.63, 3.8) is 0 Å². The molecule has 1 aliphatic heterocycles. The third-order valence-corrected chi connectivity index (χ3v) is 6.45. The highest BCUT2D eigenvalue weighted by molar-refractivity contribution is 5.99. The van der Waals surface area contributed by atoms with Gasteiger partial charge < -0.3 is 9.67 Å². The summed E-state index contributed by atoms with van der Waals surface area (Å²) in [6, 6.07) is 20.7. The number of rotatable bonds is 5. The Balaban J connectivity index is 1.75. The summed E-state index contributed by atoms with van der Waals surface area (Å²) in [4.78, 5) is 18.3. The van der Waals surface area contributed by atoms with Gasteiger partial charge in [-0.3, -0.25) is 4.79 Å². The maximum Gasteiger partial charge on any atom is 0.254 e. The smallest absolute Gasteiger partial charge is 0.254 e. The molecule has 0 bridgehead atoms. The van der Waals surface area contributed by atoms with Crippen molar-refractivity contribution in [3.8, 4) is 22.5 Å². The van der Waals surface area contributed by atoms with Crippen LogP contribution in [0.1, 0.15) is 30.0 Å². The summed E-state index contributed by atoms with van der Waals surface area (Å²) in [5.74, 6) is 0.316. The van der Waals surface area contributed by atoms with Gasteiger partial charge in [0.05, 0.1) is 23.4 Å². The topological polar surface area (TPSA) is 55.1 Å². The number of fused-ring (bicyclic) bond motifs is 4. The first-order chi connectivity index (χ1) is 15.1. The molecule has 0 spiro atoms. The molecule has 0 saturated carbocycles. The zero-order valence-electron chi connectivity index (χ0n) is 17.9. The SMILES string of the molecule is Cc1c(CC(C)CCO)cc2n(c1=O)Cc1c-2nc2ccccc2c1-c1ccccc1. The minimum Gasteiger partial charge on any atom is -0.396 e. The van der Waals surface area contributed by atoms with Crippen molar-refractivity contribution in [3.05, 3.63) is 87.7 Å². The Hall–Kier alpha value is -3.24. The summed E-state index contributed by atoms with van der Waals surface area (Å²) in [6.45, 7) is 4.75. The molecule has 4 heteroatoms. The van der Waals surface area contributed by atoms with Crippen molar-refractivity contribution >= 4 is 10.9 Å². The van der Waals surface area contributed by atoms with E-state index in [-0.39, 0.29) is 12.2 Å². The summed E-state index contributed by atoms with van der Waals surface area (Å²) >= 11 is 0. The molecule has 0 amide bonds. The quantitative estimate of drug-likeness (QED) is 0.445. The molecular formula is C27H26N2O2. The molecule has 156 valence electrons. The number of para-hydroxylation sites is 1. The van der Waals surface area contributed by atoms with E-state index in [0.29, 0.717) is 12.5 Å². The standard InChI is InChI=1S/C27H26N2O2/c1-17(12-13-30)14-20-15-24-26-22(16-29(24)27(31)18(20)2)25(19-8-4-3-5-9-19)21-10-6-7-11-23(21)28-26/h3-11,15,17,30H,12-14,16H2,1-2H3. The zero-order chi connectivity index (χ0) is 21.5. The van der Waals surface area contributed by atoms with Crippen molar-refractivity contribution in [2.24, 2.45) is 5.92 Å². The zero-order valence-corrected chi connectivity index (χ0v) is 17.9. The van der Waals surface area contributed by atoms with Gasteiger partial charge in [0.15, 0.2) is 0 Å². The molecule has 4 aromatic rings. The Morgan fingerprint density at radius 3 is 2.61 bits per heavy atom. The molecule has 1 aliphatic rings. The van der Waals surface area contributed by atoms with Crippen molar-refractivity contribution in [1.82, 2.24) is 9.55 Å². The second kappa shape index (κ2) is 7.78. The van der Waals surface area contributed by atoms with Crippen LogP contribution in [0.25, 0.3) is 33.4 Å². The van der Waals surface area contributed by atoms with E-state index >= 15 is 0 Å². The molecule has 0 aliphatic carbocycles. The lowest BCUT2D eigenvalue weighted by Gasteiger charge is -2.14. The molecule has 0 saturated heterocycles. The predicted octanol–water partition coefficient (Wildman–Crippen LogP) is 4.96. The molecule has 0 fully saturated rings. The van der Waals surface area contributed by atoms with Gasteiger partial charge in [-0.05, 0) is 54.5 Å². The van der Waals surface area contributed by atoms with Crippen molar-refractivity contribution in [2.45, 2.75) is 33.2 Å². The van der Waals surface area contributed by atoms with Crippen molar-refractivity contribution < 1.29 is 5.11 Å². The van der Waals surface area contributed by atoms with Crippen LogP contribution in [0.5, 0.6) is 0 Å². The summed E-state index contributed by atoms with van der Waals surface area (Å²) < 4.78 is 1.87. The van der Waals surface area contributed by atoms with Crippen molar-refractivity contribution in [1.29, 1.82) is 0 Å². The largest absolute Gasteiger partial charge is 0.396 e. The lowest BCUT2D eigenvalue weighted by molar-refractivity contribution is 0.262. The monoisotopic (exact) mass is 410 g/mol. The molecule has 2 aromatic carbocycles. The Labute approximate surface area is 181 Å². The fourth-order valence-electron chi connectivity index (χ4n) is 4.77. The van der Waals surface area contributed by atoms with Crippen LogP contribution in [0.2, 0.25) is 0 Å². The first-order valence-corrected chi connectivity index (χ1v) is 10.9. The first kappa shape index (κ1) is 19.7. The summed E-state index contributed by atoms with van der Waals surface area (Å²) in [7, 11) is 0. The number of aliphatic hydroxyl groups excluding tert-OH is 1. The molecule has 4 nitrogen and oxygen atoms in total. The molecule has 1 N–H and O–H groups in total. The molecule has 0 radical (unpaired) electrons. The Kier molecular flexibility index (Phi) is 4.95. The van der Waals surface area contributed by atoms with Gasteiger partial charge in [-0.25, -0.2) is 4.98 Å². The number of hydrogen-bond donors (Lipinski definition) is 1. The minimum atomic E-state index is 0.0600. The van der Waals surface area contributed by atoms with E-state index in [1.807, 2.05) is 35.8 Å². The van der Waals surface area contributed by atoms with Crippen molar-refractivity contribution in [2.75, 3.05) is 6.61 Å². The predicted molar refractivity (Wildman–Crippen MR) is 125 cm³/mol. The number of hydrogen-bond acceptors (Lipinski definition) is 3. The lowest BCUT2D eigenvalue weighted by atomic mass is 9.93. The summed E-state index contributed by atoms with van der Waals surface area (Å²) in [6.07, 6.45) is 1.51. The van der Waals surface area contributed by atoms with Crippen LogP contribution < -0.4 is 5.56 Å². The third kappa shape index (κ3) is 3.28. The van der Waals surface area contributed by atoms with Crippen LogP contribution in [0.15, 0.2) is 65.5 Å². The molecule has 1 unspecified atom stereocenters. The Bertz CT molecular complexity index is 1340. The van der Waals surface area contributed by atoms with Gasteiger partial charge in [0.2, 0.25) is 0 Å². The number of aromatic nitrogens is 2. The highest BCUT2D eigenvalue weighted by Crippen LogP contribution is 2.41. The van der Waals surface area contributed by atoms with Gasteiger partial charge in [-0.2, -0.15) is 0 Å². The van der Waals surface area contributed by atoms with Crippen LogP contribution in [0, 0.1) is 12.8 Å². The Morgan fingerprint density at radius 1 is 1.10 bits per heavy atom. The molecule has 3 heterocycles. The molecule has 5 rings (SSSR count). The summed E-state index contributed by atoms with van der Waals surface area (Å²) in [5.41, 5.74) is 8.09. The number of benzene rings is 2. The second-order valence-electron chi connectivity index (χ2n) is 8.59. The van der Waals surface area contributed by atoms with Crippen LogP contribution in [0.3, 0.4) is 0 Å².